The second-order valence-electron chi connectivity index (χ2n) is 8.55. The number of rotatable bonds is 1. The number of hydrogen-bond donors (Lipinski definition) is 0. The number of ether oxygens (including phenoxy) is 4. The Labute approximate surface area is 146 Å². The van der Waals surface area contributed by atoms with Crippen molar-refractivity contribution in [1.82, 2.24) is 4.90 Å². The molecular formula is C19H23NO5. The Morgan fingerprint density at radius 1 is 1.36 bits per heavy atom. The predicted octanol–water partition coefficient (Wildman–Crippen LogP) is 1.92. The molecule has 6 rings (SSSR count). The molecule has 6 heteroatoms. The van der Waals surface area contributed by atoms with Crippen LogP contribution in [0.5, 0.6) is 0 Å². The van der Waals surface area contributed by atoms with E-state index in [0.29, 0.717) is 29.1 Å². The smallest absolute Gasteiger partial charge is 0.343 e. The molecule has 5 saturated heterocycles. The summed E-state index contributed by atoms with van der Waals surface area (Å²) < 4.78 is 24.2. The van der Waals surface area contributed by atoms with Crippen LogP contribution >= 0.6 is 0 Å². The van der Waals surface area contributed by atoms with E-state index in [4.69, 9.17) is 18.9 Å². The summed E-state index contributed by atoms with van der Waals surface area (Å²) in [6.07, 6.45) is 2.45. The van der Waals surface area contributed by atoms with Crippen molar-refractivity contribution in [2.24, 2.45) is 17.8 Å². The van der Waals surface area contributed by atoms with Gasteiger partial charge in [-0.05, 0) is 33.2 Å². The third kappa shape index (κ3) is 1.29. The topological polar surface area (TPSA) is 57.2 Å². The van der Waals surface area contributed by atoms with Gasteiger partial charge in [-0.3, -0.25) is 4.90 Å². The zero-order valence-corrected chi connectivity index (χ0v) is 15.0. The van der Waals surface area contributed by atoms with Crippen LogP contribution in [-0.2, 0) is 23.7 Å². The Morgan fingerprint density at radius 2 is 2.16 bits per heavy atom. The maximum absolute atomic E-state index is 12.1. The van der Waals surface area contributed by atoms with Gasteiger partial charge in [0.2, 0.25) is 11.5 Å². The third-order valence-electron chi connectivity index (χ3n) is 7.88. The number of carbonyl (C=O) groups is 1. The summed E-state index contributed by atoms with van der Waals surface area (Å²) in [5, 5.41) is 0. The molecule has 1 unspecified atom stereocenters. The minimum absolute atomic E-state index is 0.100. The van der Waals surface area contributed by atoms with Crippen LogP contribution in [0.4, 0.5) is 0 Å². The van der Waals surface area contributed by atoms with Crippen molar-refractivity contribution in [2.75, 3.05) is 13.7 Å². The van der Waals surface area contributed by atoms with Crippen molar-refractivity contribution >= 4 is 5.97 Å². The van der Waals surface area contributed by atoms with E-state index in [2.05, 4.69) is 18.7 Å². The van der Waals surface area contributed by atoms with Crippen molar-refractivity contribution in [3.63, 3.8) is 0 Å². The van der Waals surface area contributed by atoms with Crippen molar-refractivity contribution in [3.8, 4) is 0 Å². The number of allylic oxidation sites excluding steroid dienone is 1. The highest BCUT2D eigenvalue weighted by Gasteiger charge is 2.83. The Kier molecular flexibility index (Phi) is 2.38. The van der Waals surface area contributed by atoms with Crippen LogP contribution in [0.2, 0.25) is 0 Å². The van der Waals surface area contributed by atoms with Crippen LogP contribution in [0.25, 0.3) is 0 Å². The van der Waals surface area contributed by atoms with E-state index in [9.17, 15) is 4.79 Å². The number of esters is 1. The van der Waals surface area contributed by atoms with Crippen molar-refractivity contribution in [1.29, 1.82) is 0 Å². The number of cyclic esters (lactones) is 1. The van der Waals surface area contributed by atoms with E-state index in [-0.39, 0.29) is 29.4 Å². The van der Waals surface area contributed by atoms with Gasteiger partial charge in [0.05, 0.1) is 30.2 Å². The fraction of sp³-hybridized carbons (Fsp3) is 0.737. The SMILES string of the molecule is COC1=C(C)C(=O)O/C1=C1\O[C@@]23O[C@H]4C[C@@H]([C@H]2[C@@H]1C)N1CC[C@H]3[C@@]41C. The average Bonchev–Trinajstić information content (AvgIpc) is 3.26. The molecule has 0 N–H and O–H groups in total. The molecule has 6 aliphatic heterocycles. The fourth-order valence-electron chi connectivity index (χ4n) is 6.93. The highest BCUT2D eigenvalue weighted by molar-refractivity contribution is 5.93. The van der Waals surface area contributed by atoms with E-state index >= 15 is 0 Å². The van der Waals surface area contributed by atoms with Crippen LogP contribution < -0.4 is 0 Å². The maximum atomic E-state index is 12.1. The van der Waals surface area contributed by atoms with Crippen LogP contribution in [0.3, 0.4) is 0 Å². The minimum Gasteiger partial charge on any atom is -0.492 e. The standard InChI is InChI=1S/C19H23NO5/c1-8-13-10-7-12-18(3)11(5-6-20(10)18)19(13,24-12)25-15(8)16-14(22-4)9(2)17(21)23-16/h8,10-13H,5-7H2,1-4H3/b16-15-/t8-,10-,11-,12-,13+,18-,19+/m0/s1. The lowest BCUT2D eigenvalue weighted by molar-refractivity contribution is -0.255. The highest BCUT2D eigenvalue weighted by Crippen LogP contribution is 2.72. The molecule has 0 amide bonds. The normalized spacial score (nSPS) is 57.4. The summed E-state index contributed by atoms with van der Waals surface area (Å²) in [7, 11) is 1.57. The molecule has 0 radical (unpaired) electrons. The van der Waals surface area contributed by atoms with Gasteiger partial charge in [-0.1, -0.05) is 6.92 Å². The molecular weight excluding hydrogens is 322 g/mol. The molecule has 6 heterocycles. The average molecular weight is 345 g/mol. The second kappa shape index (κ2) is 4.07. The Bertz CT molecular complexity index is 787. The van der Waals surface area contributed by atoms with Crippen molar-refractivity contribution in [2.45, 2.75) is 57.1 Å². The lowest BCUT2D eigenvalue weighted by Crippen LogP contribution is -2.60. The number of hydrogen-bond acceptors (Lipinski definition) is 6. The molecule has 0 saturated carbocycles. The molecule has 0 aromatic heterocycles. The van der Waals surface area contributed by atoms with Gasteiger partial charge >= 0.3 is 5.97 Å². The van der Waals surface area contributed by atoms with Gasteiger partial charge in [0.1, 0.15) is 5.76 Å². The van der Waals surface area contributed by atoms with Crippen molar-refractivity contribution in [3.05, 3.63) is 22.9 Å². The zero-order valence-electron chi connectivity index (χ0n) is 15.0. The summed E-state index contributed by atoms with van der Waals surface area (Å²) in [5.41, 5.74) is 0.600. The van der Waals surface area contributed by atoms with Crippen LogP contribution in [0.15, 0.2) is 22.9 Å². The molecule has 134 valence electrons. The molecule has 0 aromatic carbocycles. The second-order valence-corrected chi connectivity index (χ2v) is 8.55. The molecule has 0 aromatic rings. The minimum atomic E-state index is -0.557. The van der Waals surface area contributed by atoms with E-state index in [1.54, 1.807) is 14.0 Å². The van der Waals surface area contributed by atoms with Gasteiger partial charge < -0.3 is 18.9 Å². The van der Waals surface area contributed by atoms with Gasteiger partial charge in [-0.25, -0.2) is 4.79 Å². The monoisotopic (exact) mass is 345 g/mol. The van der Waals surface area contributed by atoms with Gasteiger partial charge in [-0.15, -0.1) is 0 Å². The first-order valence-corrected chi connectivity index (χ1v) is 9.28. The molecule has 8 atom stereocenters. The lowest BCUT2D eigenvalue weighted by Gasteiger charge is -2.47. The number of methoxy groups -OCH3 is 1. The largest absolute Gasteiger partial charge is 0.492 e. The predicted molar refractivity (Wildman–Crippen MR) is 85.8 cm³/mol. The van der Waals surface area contributed by atoms with E-state index in [1.165, 1.54) is 0 Å². The quantitative estimate of drug-likeness (QED) is 0.677. The Morgan fingerprint density at radius 3 is 2.92 bits per heavy atom. The summed E-state index contributed by atoms with van der Waals surface area (Å²) >= 11 is 0. The van der Waals surface area contributed by atoms with E-state index in [0.717, 1.165) is 25.1 Å². The van der Waals surface area contributed by atoms with Crippen LogP contribution in [0, 0.1) is 17.8 Å². The Hall–Kier alpha value is -1.53. The van der Waals surface area contributed by atoms with Gasteiger partial charge in [0.25, 0.3) is 0 Å². The summed E-state index contributed by atoms with van der Waals surface area (Å²) in [5.74, 6) is 1.58. The van der Waals surface area contributed by atoms with Gasteiger partial charge in [0.15, 0.2) is 5.76 Å². The first-order valence-electron chi connectivity index (χ1n) is 9.28. The molecule has 5 fully saturated rings. The van der Waals surface area contributed by atoms with E-state index < -0.39 is 5.79 Å². The van der Waals surface area contributed by atoms with Crippen LogP contribution in [0.1, 0.15) is 33.6 Å². The zero-order chi connectivity index (χ0) is 17.3. The summed E-state index contributed by atoms with van der Waals surface area (Å²) in [6.45, 7) is 7.39. The lowest BCUT2D eigenvalue weighted by atomic mass is 9.71. The molecule has 6 aliphatic rings. The number of piperidine rings is 1. The number of carbonyl (C=O) groups excluding carboxylic acids is 1. The van der Waals surface area contributed by atoms with E-state index in [1.807, 2.05) is 0 Å². The fourth-order valence-corrected chi connectivity index (χ4v) is 6.93. The molecule has 25 heavy (non-hydrogen) atoms. The number of fused-ring (bicyclic) bond motifs is 1. The highest BCUT2D eigenvalue weighted by atomic mass is 16.7. The summed E-state index contributed by atoms with van der Waals surface area (Å²) in [4.78, 5) is 14.7. The van der Waals surface area contributed by atoms with Gasteiger partial charge in [0, 0.05) is 17.9 Å². The van der Waals surface area contributed by atoms with Crippen molar-refractivity contribution < 1.29 is 23.7 Å². The molecule has 0 aliphatic carbocycles. The molecule has 6 nitrogen and oxygen atoms in total. The summed E-state index contributed by atoms with van der Waals surface area (Å²) in [6, 6.07) is 0.490. The first kappa shape index (κ1) is 14.6. The van der Waals surface area contributed by atoms with Gasteiger partial charge in [-0.2, -0.15) is 0 Å². The Balaban J connectivity index is 1.52. The third-order valence-corrected chi connectivity index (χ3v) is 7.88. The van der Waals surface area contributed by atoms with Crippen LogP contribution in [-0.4, -0.2) is 48.0 Å². The first-order chi connectivity index (χ1) is 11.9. The number of nitrogens with zero attached hydrogens (tertiary/aromatic N) is 1. The molecule has 1 spiro atoms. The maximum Gasteiger partial charge on any atom is 0.343 e. The molecule has 5 bridgehead atoms.